The molecule has 0 spiro atoms. The number of nitrogens with one attached hydrogen (secondary N) is 2. The molecule has 1 aliphatic heterocycles. The zero-order valence-electron chi connectivity index (χ0n) is 9.30. The Morgan fingerprint density at radius 1 is 1.53 bits per heavy atom. The predicted molar refractivity (Wildman–Crippen MR) is 73.4 cm³/mol. The number of rotatable bonds is 2. The van der Waals surface area contributed by atoms with Gasteiger partial charge in [0.15, 0.2) is 0 Å². The van der Waals surface area contributed by atoms with E-state index in [9.17, 15) is 4.79 Å². The highest BCUT2D eigenvalue weighted by atomic mass is 79.9. The minimum Gasteiger partial charge on any atom is -0.325 e. The molecule has 0 unspecified atom stereocenters. The number of piperidine rings is 1. The molecule has 17 heavy (non-hydrogen) atoms. The lowest BCUT2D eigenvalue weighted by Gasteiger charge is -2.22. The lowest BCUT2D eigenvalue weighted by Crippen LogP contribution is -2.37. The summed E-state index contributed by atoms with van der Waals surface area (Å²) < 4.78 is 0.735. The molecule has 3 nitrogen and oxygen atoms in total. The highest BCUT2D eigenvalue weighted by Gasteiger charge is 2.21. The van der Waals surface area contributed by atoms with Gasteiger partial charge in [-0.1, -0.05) is 17.7 Å². The Hall–Kier alpha value is -0.580. The molecule has 1 aliphatic rings. The van der Waals surface area contributed by atoms with E-state index in [-0.39, 0.29) is 11.8 Å². The van der Waals surface area contributed by atoms with Crippen LogP contribution < -0.4 is 10.6 Å². The molecule has 0 saturated carbocycles. The number of carbonyl (C=O) groups is 1. The first-order chi connectivity index (χ1) is 8.18. The summed E-state index contributed by atoms with van der Waals surface area (Å²) in [6.45, 7) is 1.76. The number of hydrogen-bond acceptors (Lipinski definition) is 2. The van der Waals surface area contributed by atoms with Crippen molar-refractivity contribution in [2.45, 2.75) is 12.8 Å². The van der Waals surface area contributed by atoms with Gasteiger partial charge in [-0.15, -0.1) is 0 Å². The molecule has 1 saturated heterocycles. The Kier molecular flexibility index (Phi) is 4.42. The normalized spacial score (nSPS) is 20.0. The average molecular weight is 318 g/mol. The minimum atomic E-state index is 0.0506. The molecule has 1 fully saturated rings. The Morgan fingerprint density at radius 3 is 3.06 bits per heavy atom. The van der Waals surface area contributed by atoms with Crippen molar-refractivity contribution in [3.63, 3.8) is 0 Å². The average Bonchev–Trinajstić information content (AvgIpc) is 2.36. The zero-order chi connectivity index (χ0) is 12.3. The topological polar surface area (TPSA) is 41.1 Å². The summed E-state index contributed by atoms with van der Waals surface area (Å²) in [6.07, 6.45) is 1.99. The number of hydrogen-bond donors (Lipinski definition) is 2. The van der Waals surface area contributed by atoms with Crippen LogP contribution in [0.15, 0.2) is 22.7 Å². The van der Waals surface area contributed by atoms with Crippen molar-refractivity contribution in [2.75, 3.05) is 18.4 Å². The van der Waals surface area contributed by atoms with Crippen LogP contribution in [0.25, 0.3) is 0 Å². The minimum absolute atomic E-state index is 0.0506. The molecule has 0 aromatic heterocycles. The van der Waals surface area contributed by atoms with Gasteiger partial charge < -0.3 is 10.6 Å². The first kappa shape index (κ1) is 12.9. The van der Waals surface area contributed by atoms with Gasteiger partial charge in [0.2, 0.25) is 5.91 Å². The number of anilines is 1. The van der Waals surface area contributed by atoms with Gasteiger partial charge in [0, 0.05) is 6.54 Å². The standard InChI is InChI=1S/C12H14BrClN2O/c13-11-9(14)4-1-5-10(11)16-12(17)8-3-2-6-15-7-8/h1,4-5,8,15H,2-3,6-7H2,(H,16,17)/t8-/m1/s1. The third kappa shape index (κ3) is 3.21. The van der Waals surface area contributed by atoms with Crippen molar-refractivity contribution in [3.05, 3.63) is 27.7 Å². The predicted octanol–water partition coefficient (Wildman–Crippen LogP) is 3.04. The van der Waals surface area contributed by atoms with Crippen LogP contribution in [0.5, 0.6) is 0 Å². The van der Waals surface area contributed by atoms with E-state index in [0.717, 1.165) is 36.1 Å². The Morgan fingerprint density at radius 2 is 2.35 bits per heavy atom. The van der Waals surface area contributed by atoms with Gasteiger partial charge >= 0.3 is 0 Å². The molecule has 1 aromatic carbocycles. The van der Waals surface area contributed by atoms with Crippen LogP contribution >= 0.6 is 27.5 Å². The monoisotopic (exact) mass is 316 g/mol. The first-order valence-electron chi connectivity index (χ1n) is 5.64. The van der Waals surface area contributed by atoms with Crippen LogP contribution in [0, 0.1) is 5.92 Å². The maximum atomic E-state index is 12.0. The summed E-state index contributed by atoms with van der Waals surface area (Å²) in [6, 6.07) is 5.44. The second-order valence-electron chi connectivity index (χ2n) is 4.13. The molecule has 2 rings (SSSR count). The maximum Gasteiger partial charge on any atom is 0.228 e. The van der Waals surface area contributed by atoms with E-state index in [1.54, 1.807) is 6.07 Å². The van der Waals surface area contributed by atoms with E-state index >= 15 is 0 Å². The zero-order valence-corrected chi connectivity index (χ0v) is 11.6. The van der Waals surface area contributed by atoms with Crippen molar-refractivity contribution >= 4 is 39.1 Å². The summed E-state index contributed by atoms with van der Waals surface area (Å²) >= 11 is 9.34. The molecule has 0 bridgehead atoms. The summed E-state index contributed by atoms with van der Waals surface area (Å²) in [5.74, 6) is 0.106. The van der Waals surface area contributed by atoms with Gasteiger partial charge in [-0.25, -0.2) is 0 Å². The van der Waals surface area contributed by atoms with Crippen molar-refractivity contribution in [3.8, 4) is 0 Å². The molecule has 1 aromatic rings. The van der Waals surface area contributed by atoms with Gasteiger partial charge in [-0.05, 0) is 47.4 Å². The number of halogens is 2. The maximum absolute atomic E-state index is 12.0. The molecule has 0 aliphatic carbocycles. The van der Waals surface area contributed by atoms with Crippen LogP contribution in [-0.4, -0.2) is 19.0 Å². The molecule has 5 heteroatoms. The van der Waals surface area contributed by atoms with Crippen molar-refractivity contribution in [1.29, 1.82) is 0 Å². The largest absolute Gasteiger partial charge is 0.325 e. The molecule has 1 atom stereocenters. The van der Waals surface area contributed by atoms with E-state index in [1.807, 2.05) is 12.1 Å². The van der Waals surface area contributed by atoms with E-state index in [4.69, 9.17) is 11.6 Å². The van der Waals surface area contributed by atoms with E-state index in [2.05, 4.69) is 26.6 Å². The lowest BCUT2D eigenvalue weighted by atomic mass is 9.99. The highest BCUT2D eigenvalue weighted by molar-refractivity contribution is 9.10. The van der Waals surface area contributed by atoms with Gasteiger partial charge in [-0.2, -0.15) is 0 Å². The second-order valence-corrected chi connectivity index (χ2v) is 5.33. The Balaban J connectivity index is 2.04. The molecular weight excluding hydrogens is 304 g/mol. The van der Waals surface area contributed by atoms with E-state index < -0.39 is 0 Å². The van der Waals surface area contributed by atoms with Gasteiger partial charge in [0.25, 0.3) is 0 Å². The Labute approximate surface area is 114 Å². The summed E-state index contributed by atoms with van der Waals surface area (Å²) in [5, 5.41) is 6.74. The lowest BCUT2D eigenvalue weighted by molar-refractivity contribution is -0.120. The van der Waals surface area contributed by atoms with Crippen LogP contribution in [0.4, 0.5) is 5.69 Å². The van der Waals surface area contributed by atoms with Crippen LogP contribution in [0.1, 0.15) is 12.8 Å². The number of benzene rings is 1. The molecule has 2 N–H and O–H groups in total. The highest BCUT2D eigenvalue weighted by Crippen LogP contribution is 2.30. The molecule has 0 radical (unpaired) electrons. The fraction of sp³-hybridized carbons (Fsp3) is 0.417. The van der Waals surface area contributed by atoms with Crippen molar-refractivity contribution in [1.82, 2.24) is 5.32 Å². The smallest absolute Gasteiger partial charge is 0.228 e. The Bertz CT molecular complexity index is 419. The number of carbonyl (C=O) groups excluding carboxylic acids is 1. The van der Waals surface area contributed by atoms with Crippen LogP contribution in [0.2, 0.25) is 5.02 Å². The fourth-order valence-electron chi connectivity index (χ4n) is 1.91. The van der Waals surface area contributed by atoms with Gasteiger partial charge in [0.1, 0.15) is 0 Å². The van der Waals surface area contributed by atoms with Crippen molar-refractivity contribution in [2.24, 2.45) is 5.92 Å². The second kappa shape index (κ2) is 5.85. The molecule has 92 valence electrons. The summed E-state index contributed by atoms with van der Waals surface area (Å²) in [4.78, 5) is 12.0. The fourth-order valence-corrected chi connectivity index (χ4v) is 2.45. The van der Waals surface area contributed by atoms with Crippen molar-refractivity contribution < 1.29 is 4.79 Å². The van der Waals surface area contributed by atoms with Gasteiger partial charge in [0.05, 0.1) is 21.1 Å². The third-order valence-electron chi connectivity index (χ3n) is 2.88. The SMILES string of the molecule is O=C(Nc1cccc(Cl)c1Br)[C@@H]1CCCNC1. The molecule has 1 heterocycles. The first-order valence-corrected chi connectivity index (χ1v) is 6.81. The quantitative estimate of drug-likeness (QED) is 0.880. The summed E-state index contributed by atoms with van der Waals surface area (Å²) in [5.41, 5.74) is 0.730. The van der Waals surface area contributed by atoms with Crippen LogP contribution in [-0.2, 0) is 4.79 Å². The summed E-state index contributed by atoms with van der Waals surface area (Å²) in [7, 11) is 0. The van der Waals surface area contributed by atoms with Gasteiger partial charge in [-0.3, -0.25) is 4.79 Å². The molecule has 1 amide bonds. The van der Waals surface area contributed by atoms with E-state index in [0.29, 0.717) is 5.02 Å². The van der Waals surface area contributed by atoms with E-state index in [1.165, 1.54) is 0 Å². The van der Waals surface area contributed by atoms with Crippen LogP contribution in [0.3, 0.4) is 0 Å². The third-order valence-corrected chi connectivity index (χ3v) is 4.27. The molecular formula is C12H14BrClN2O. The number of amides is 1.